The zero-order chi connectivity index (χ0) is 15.7. The van der Waals surface area contributed by atoms with Gasteiger partial charge < -0.3 is 16.0 Å². The molecule has 0 radical (unpaired) electrons. The van der Waals surface area contributed by atoms with E-state index in [0.717, 1.165) is 13.1 Å². The van der Waals surface area contributed by atoms with Crippen LogP contribution in [0.5, 0.6) is 0 Å². The number of nitriles is 5. The minimum Gasteiger partial charge on any atom is -0.336 e. The number of hydrogen-bond acceptors (Lipinski definition) is 7. The Morgan fingerprint density at radius 3 is 1.75 bits per heavy atom. The van der Waals surface area contributed by atoms with Gasteiger partial charge in [-0.2, -0.15) is 0 Å². The van der Waals surface area contributed by atoms with Crippen molar-refractivity contribution >= 4 is 6.03 Å². The fourth-order valence-corrected chi connectivity index (χ4v) is 1.61. The normalized spacial score (nSPS) is 14.5. The summed E-state index contributed by atoms with van der Waals surface area (Å²) in [4.78, 5) is 18.6. The van der Waals surface area contributed by atoms with Crippen molar-refractivity contribution in [1.82, 2.24) is 10.2 Å². The summed E-state index contributed by atoms with van der Waals surface area (Å²) >= 11 is -4.78. The summed E-state index contributed by atoms with van der Waals surface area (Å²) in [5.41, 5.74) is 5.25. The van der Waals surface area contributed by atoms with Gasteiger partial charge >= 0.3 is 69.0 Å². The van der Waals surface area contributed by atoms with Crippen LogP contribution < -0.4 is 11.1 Å². The molecule has 1 heterocycles. The van der Waals surface area contributed by atoms with Crippen LogP contribution in [0.15, 0.2) is 0 Å². The molecule has 0 unspecified atom stereocenters. The van der Waals surface area contributed by atoms with Gasteiger partial charge in [-0.15, -0.1) is 0 Å². The van der Waals surface area contributed by atoms with E-state index in [-0.39, 0.29) is 6.03 Å². The molecule has 0 atom stereocenters. The van der Waals surface area contributed by atoms with Crippen LogP contribution in [0.25, 0.3) is 0 Å². The number of hydrogen-bond donors (Lipinski definition) is 2. The van der Waals surface area contributed by atoms with E-state index in [4.69, 9.17) is 32.0 Å². The number of rotatable bonds is 2. The van der Waals surface area contributed by atoms with Crippen LogP contribution in [0.4, 0.5) is 4.79 Å². The van der Waals surface area contributed by atoms with Crippen molar-refractivity contribution in [3.63, 3.8) is 0 Å². The molecule has 0 bridgehead atoms. The molecule has 1 aliphatic rings. The summed E-state index contributed by atoms with van der Waals surface area (Å²) in [6.45, 7) is 2.79. The van der Waals surface area contributed by atoms with E-state index in [1.165, 1.54) is 24.8 Å². The van der Waals surface area contributed by atoms with Gasteiger partial charge in [0, 0.05) is 26.2 Å². The van der Waals surface area contributed by atoms with Gasteiger partial charge in [0.25, 0.3) is 0 Å². The monoisotopic (exact) mass is 315 g/mol. The largest absolute Gasteiger partial charge is 0.336 e. The third-order valence-electron chi connectivity index (χ3n) is 2.13. The van der Waals surface area contributed by atoms with E-state index in [0.29, 0.717) is 13.1 Å². The van der Waals surface area contributed by atoms with Crippen molar-refractivity contribution in [1.29, 1.82) is 26.3 Å². The maximum absolute atomic E-state index is 10.7. The summed E-state index contributed by atoms with van der Waals surface area (Å²) in [7, 11) is 0. The molecule has 0 aliphatic carbocycles. The third kappa shape index (κ3) is 3.36. The van der Waals surface area contributed by atoms with Crippen molar-refractivity contribution in [3.8, 4) is 24.8 Å². The second-order valence-corrected chi connectivity index (χ2v) is 7.28. The van der Waals surface area contributed by atoms with E-state index < -0.39 is 11.8 Å². The summed E-state index contributed by atoms with van der Waals surface area (Å²) < 4.78 is 0. The zero-order valence-corrected chi connectivity index (χ0v) is 11.5. The molecule has 1 aliphatic heterocycles. The molecule has 0 spiro atoms. The minimum atomic E-state index is -4.78. The maximum atomic E-state index is 10.7. The average Bonchev–Trinajstić information content (AvgIpc) is 2.90. The van der Waals surface area contributed by atoms with Crippen LogP contribution in [0.1, 0.15) is 0 Å². The molecule has 0 aromatic carbocycles. The Balaban J connectivity index is 0.000000367. The fourth-order valence-electron chi connectivity index (χ4n) is 1.06. The molecule has 1 saturated heterocycles. The maximum Gasteiger partial charge on any atom is 0.317 e. The van der Waals surface area contributed by atoms with Crippen molar-refractivity contribution in [2.24, 2.45) is 5.73 Å². The number of carbonyl (C=O) groups excluding carboxylic acids is 1. The molecule has 1 fully saturated rings. The number of nitrogens with one attached hydrogen (secondary N) is 1. The fraction of sp³-hybridized carbons (Fsp3) is 0.400. The summed E-state index contributed by atoms with van der Waals surface area (Å²) in [6, 6.07) is 0.0143. The van der Waals surface area contributed by atoms with Crippen molar-refractivity contribution in [3.05, 3.63) is 0 Å². The molecule has 20 heavy (non-hydrogen) atoms. The molecule has 10 heteroatoms. The second kappa shape index (κ2) is 6.95. The van der Waals surface area contributed by atoms with Crippen LogP contribution in [0.3, 0.4) is 0 Å². The standard InChI is InChI=1S/C5H11N3O.5CN.Fe/c6-1-3-8-4-2-7-5(8)9;5*1-2;/h1-4,6H2,(H,7,9);;;;;;. The first kappa shape index (κ1) is 17.2. The first-order chi connectivity index (χ1) is 9.46. The summed E-state index contributed by atoms with van der Waals surface area (Å²) in [5.74, 6) is 0. The van der Waals surface area contributed by atoms with Gasteiger partial charge in [-0.1, -0.05) is 0 Å². The predicted octanol–water partition coefficient (Wildman–Crippen LogP) is -0.948. The van der Waals surface area contributed by atoms with Crippen molar-refractivity contribution < 1.29 is 16.6 Å². The number of nitrogens with two attached hydrogens (primary N) is 1. The Hall–Kier alpha value is -2.80. The van der Waals surface area contributed by atoms with Crippen molar-refractivity contribution in [2.75, 3.05) is 26.2 Å². The number of nitrogens with zero attached hydrogens (tertiary/aromatic N) is 6. The third-order valence-corrected chi connectivity index (χ3v) is 4.60. The Labute approximate surface area is 116 Å². The summed E-state index contributed by atoms with van der Waals surface area (Å²) in [6.07, 6.45) is 0. The van der Waals surface area contributed by atoms with Gasteiger partial charge in [-0.3, -0.25) is 0 Å². The van der Waals surface area contributed by atoms with Crippen LogP contribution >= 0.6 is 0 Å². The first-order valence-corrected chi connectivity index (χ1v) is 7.83. The Kier molecular flexibility index (Phi) is 5.98. The molecule has 2 amide bonds. The van der Waals surface area contributed by atoms with Gasteiger partial charge in [0.1, 0.15) is 0 Å². The predicted molar refractivity (Wildman–Crippen MR) is 62.1 cm³/mol. The molecular formula is C10H11FeN8O. The van der Waals surface area contributed by atoms with Crippen LogP contribution in [-0.4, -0.2) is 37.1 Å². The molecule has 3 N–H and O–H groups in total. The number of urea groups is 1. The van der Waals surface area contributed by atoms with Gasteiger partial charge in [0.2, 0.25) is 0 Å². The van der Waals surface area contributed by atoms with Gasteiger partial charge in [-0.05, 0) is 0 Å². The topological polar surface area (TPSA) is 177 Å². The van der Waals surface area contributed by atoms with Crippen LogP contribution in [0, 0.1) is 51.1 Å². The SMILES string of the molecule is N#[C][Fe]([C]#N)([C]#N)([C]#N)[C]#N.NCCN1CCNC1=O. The Morgan fingerprint density at radius 1 is 1.10 bits per heavy atom. The molecule has 9 nitrogen and oxygen atoms in total. The zero-order valence-electron chi connectivity index (χ0n) is 10.4. The molecule has 0 aromatic heterocycles. The van der Waals surface area contributed by atoms with Crippen molar-refractivity contribution in [2.45, 2.75) is 0 Å². The van der Waals surface area contributed by atoms with Gasteiger partial charge in [0.05, 0.1) is 0 Å². The minimum absolute atomic E-state index is 0.0143. The van der Waals surface area contributed by atoms with Crippen LogP contribution in [-0.2, 0) is 11.8 Å². The van der Waals surface area contributed by atoms with Gasteiger partial charge in [0.15, 0.2) is 0 Å². The number of amides is 2. The Morgan fingerprint density at radius 2 is 1.55 bits per heavy atom. The van der Waals surface area contributed by atoms with Gasteiger partial charge in [-0.25, -0.2) is 4.79 Å². The molecule has 0 aromatic rings. The average molecular weight is 315 g/mol. The second-order valence-electron chi connectivity index (χ2n) is 3.29. The van der Waals surface area contributed by atoms with E-state index in [1.54, 1.807) is 4.90 Å². The molecule has 105 valence electrons. The van der Waals surface area contributed by atoms with E-state index in [9.17, 15) is 4.79 Å². The van der Waals surface area contributed by atoms with E-state index >= 15 is 0 Å². The first-order valence-electron chi connectivity index (χ1n) is 5.07. The Bertz CT molecular complexity index is 496. The van der Waals surface area contributed by atoms with E-state index in [2.05, 4.69) is 5.32 Å². The smallest absolute Gasteiger partial charge is 0.317 e. The van der Waals surface area contributed by atoms with E-state index in [1.807, 2.05) is 0 Å². The van der Waals surface area contributed by atoms with Crippen LogP contribution in [0.2, 0.25) is 0 Å². The quantitative estimate of drug-likeness (QED) is 0.616. The molecule has 0 saturated carbocycles. The molecular weight excluding hydrogens is 304 g/mol. The number of carbonyl (C=O) groups is 1. The molecule has 1 rings (SSSR count). The summed E-state index contributed by atoms with van der Waals surface area (Å²) in [5, 5.41) is 44.4.